The number of nitrogens with zero attached hydrogens (tertiary/aromatic N) is 1. The fraction of sp³-hybridized carbons (Fsp3) is 0.737. The van der Waals surface area contributed by atoms with Gasteiger partial charge in [-0.3, -0.25) is 9.59 Å². The highest BCUT2D eigenvalue weighted by molar-refractivity contribution is 6.11. The van der Waals surface area contributed by atoms with Gasteiger partial charge in [-0.05, 0) is 47.5 Å². The van der Waals surface area contributed by atoms with Crippen LogP contribution in [0.25, 0.3) is 0 Å². The Bertz CT molecular complexity index is 588. The van der Waals surface area contributed by atoms with Crippen LogP contribution in [0.15, 0.2) is 11.9 Å². The van der Waals surface area contributed by atoms with Gasteiger partial charge in [-0.1, -0.05) is 12.8 Å². The lowest BCUT2D eigenvalue weighted by molar-refractivity contribution is -0.156. The van der Waals surface area contributed by atoms with Crippen LogP contribution in [0.2, 0.25) is 0 Å². The van der Waals surface area contributed by atoms with E-state index in [0.717, 1.165) is 17.7 Å². The molecule has 0 aromatic rings. The van der Waals surface area contributed by atoms with Crippen molar-refractivity contribution in [2.75, 3.05) is 6.54 Å². The minimum Gasteiger partial charge on any atom is -0.455 e. The van der Waals surface area contributed by atoms with Gasteiger partial charge in [-0.15, -0.1) is 0 Å². The third-order valence-electron chi connectivity index (χ3n) is 4.46. The van der Waals surface area contributed by atoms with Crippen LogP contribution in [0.5, 0.6) is 0 Å². The van der Waals surface area contributed by atoms with E-state index in [1.54, 1.807) is 34.6 Å². The minimum atomic E-state index is -1.01. The van der Waals surface area contributed by atoms with Gasteiger partial charge < -0.3 is 15.2 Å². The molecule has 1 saturated heterocycles. The van der Waals surface area contributed by atoms with Crippen molar-refractivity contribution in [3.63, 3.8) is 0 Å². The highest BCUT2D eigenvalue weighted by Gasteiger charge is 2.51. The van der Waals surface area contributed by atoms with Crippen LogP contribution in [0.4, 0.5) is 0 Å². The number of rotatable bonds is 5. The van der Waals surface area contributed by atoms with E-state index in [2.05, 4.69) is 5.32 Å². The molecule has 2 aliphatic rings. The molecule has 7 heteroatoms. The minimum absolute atomic E-state index is 0.117. The lowest BCUT2D eigenvalue weighted by Gasteiger charge is -2.24. The molecular weight excluding hydrogens is 336 g/mol. The van der Waals surface area contributed by atoms with Gasteiger partial charge in [0.2, 0.25) is 11.8 Å². The maximum atomic E-state index is 12.8. The molecule has 0 unspecified atom stereocenters. The van der Waals surface area contributed by atoms with Crippen LogP contribution >= 0.6 is 0 Å². The molecular formula is C19H30N2O5. The molecule has 0 aromatic carbocycles. The first kappa shape index (κ1) is 20.4. The Balaban J connectivity index is 2.30. The summed E-state index contributed by atoms with van der Waals surface area (Å²) in [6.07, 6.45) is 4.47. The summed E-state index contributed by atoms with van der Waals surface area (Å²) in [6.45, 7) is 8.55. The van der Waals surface area contributed by atoms with Crippen molar-refractivity contribution in [2.24, 2.45) is 11.8 Å². The fourth-order valence-corrected chi connectivity index (χ4v) is 3.34. The summed E-state index contributed by atoms with van der Waals surface area (Å²) < 4.78 is 5.39. The zero-order chi connectivity index (χ0) is 19.7. The molecule has 1 aliphatic heterocycles. The normalized spacial score (nSPS) is 24.5. The molecule has 7 nitrogen and oxygen atoms in total. The number of ether oxygens (including phenoxy) is 1. The maximum absolute atomic E-state index is 12.8. The van der Waals surface area contributed by atoms with Crippen molar-refractivity contribution < 1.29 is 24.2 Å². The number of amides is 2. The predicted molar refractivity (Wildman–Crippen MR) is 95.5 cm³/mol. The Hall–Kier alpha value is -1.89. The molecule has 0 radical (unpaired) electrons. The number of fused-ring (bicyclic) bond motifs is 1. The summed E-state index contributed by atoms with van der Waals surface area (Å²) >= 11 is 0. The fourth-order valence-electron chi connectivity index (χ4n) is 3.34. The van der Waals surface area contributed by atoms with Gasteiger partial charge in [-0.25, -0.2) is 9.69 Å². The lowest BCUT2D eigenvalue weighted by atomic mass is 9.81. The standard InChI is InChI=1S/C19H30N2O5/c1-18(2,3)26-17(24)14(10-20-11-19(4,5)25)21-15(22)12-8-6-7-9-13(12)16(21)23/h10,12-13,20,25H,6-9,11H2,1-5H3/b14-10+/t12-,13-/m0/s1. The van der Waals surface area contributed by atoms with E-state index in [1.165, 1.54) is 6.20 Å². The molecule has 1 saturated carbocycles. The smallest absolute Gasteiger partial charge is 0.357 e. The second-order valence-corrected chi connectivity index (χ2v) is 8.73. The zero-order valence-corrected chi connectivity index (χ0v) is 16.3. The lowest BCUT2D eigenvalue weighted by Crippen LogP contribution is -2.39. The van der Waals surface area contributed by atoms with Crippen LogP contribution in [-0.4, -0.2) is 45.5 Å². The SMILES string of the molecule is CC(C)(O)CN/C=C(\C(=O)OC(C)(C)C)N1C(=O)[C@H]2CCCC[C@@H]2C1=O. The predicted octanol–water partition coefficient (Wildman–Crippen LogP) is 1.71. The monoisotopic (exact) mass is 366 g/mol. The molecule has 2 amide bonds. The Morgan fingerprint density at radius 2 is 1.65 bits per heavy atom. The summed E-state index contributed by atoms with van der Waals surface area (Å²) in [6, 6.07) is 0. The van der Waals surface area contributed by atoms with E-state index in [0.29, 0.717) is 12.8 Å². The van der Waals surface area contributed by atoms with Crippen LogP contribution < -0.4 is 5.32 Å². The molecule has 2 atom stereocenters. The van der Waals surface area contributed by atoms with Gasteiger partial charge in [0.05, 0.1) is 17.4 Å². The van der Waals surface area contributed by atoms with Gasteiger partial charge in [0.1, 0.15) is 5.60 Å². The average molecular weight is 366 g/mol. The van der Waals surface area contributed by atoms with Crippen molar-refractivity contribution in [3.8, 4) is 0 Å². The van der Waals surface area contributed by atoms with E-state index in [-0.39, 0.29) is 35.9 Å². The molecule has 2 fully saturated rings. The molecule has 0 aromatic heterocycles. The quantitative estimate of drug-likeness (QED) is 0.437. The number of likely N-dealkylation sites (tertiary alicyclic amines) is 1. The first-order valence-electron chi connectivity index (χ1n) is 9.18. The van der Waals surface area contributed by atoms with Gasteiger partial charge in [0, 0.05) is 12.7 Å². The zero-order valence-electron chi connectivity index (χ0n) is 16.3. The number of hydrogen-bond acceptors (Lipinski definition) is 6. The second-order valence-electron chi connectivity index (χ2n) is 8.73. The molecule has 26 heavy (non-hydrogen) atoms. The Morgan fingerprint density at radius 3 is 2.08 bits per heavy atom. The van der Waals surface area contributed by atoms with Gasteiger partial charge in [-0.2, -0.15) is 0 Å². The van der Waals surface area contributed by atoms with Gasteiger partial charge >= 0.3 is 5.97 Å². The van der Waals surface area contributed by atoms with Crippen LogP contribution in [0.1, 0.15) is 60.3 Å². The molecule has 2 rings (SSSR count). The number of nitrogens with one attached hydrogen (secondary N) is 1. The Morgan fingerprint density at radius 1 is 1.15 bits per heavy atom. The third kappa shape index (κ3) is 4.84. The third-order valence-corrected chi connectivity index (χ3v) is 4.46. The number of aliphatic hydroxyl groups is 1. The number of imide groups is 1. The molecule has 0 spiro atoms. The van der Waals surface area contributed by atoms with Gasteiger partial charge in [0.15, 0.2) is 5.70 Å². The Kier molecular flexibility index (Phi) is 5.80. The van der Waals surface area contributed by atoms with E-state index in [1.807, 2.05) is 0 Å². The number of esters is 1. The summed E-state index contributed by atoms with van der Waals surface area (Å²) in [5, 5.41) is 12.7. The van der Waals surface area contributed by atoms with Gasteiger partial charge in [0.25, 0.3) is 0 Å². The van der Waals surface area contributed by atoms with E-state index >= 15 is 0 Å². The van der Waals surface area contributed by atoms with E-state index in [9.17, 15) is 19.5 Å². The molecule has 146 valence electrons. The topological polar surface area (TPSA) is 95.9 Å². The summed E-state index contributed by atoms with van der Waals surface area (Å²) in [5.41, 5.74) is -1.89. The second kappa shape index (κ2) is 7.39. The van der Waals surface area contributed by atoms with Crippen molar-refractivity contribution in [1.29, 1.82) is 0 Å². The maximum Gasteiger partial charge on any atom is 0.357 e. The summed E-state index contributed by atoms with van der Waals surface area (Å²) in [7, 11) is 0. The van der Waals surface area contributed by atoms with Crippen molar-refractivity contribution >= 4 is 17.8 Å². The number of carbonyl (C=O) groups excluding carboxylic acids is 3. The van der Waals surface area contributed by atoms with E-state index in [4.69, 9.17) is 4.74 Å². The first-order valence-corrected chi connectivity index (χ1v) is 9.18. The highest BCUT2D eigenvalue weighted by Crippen LogP contribution is 2.39. The number of carbonyl (C=O) groups is 3. The average Bonchev–Trinajstić information content (AvgIpc) is 2.74. The van der Waals surface area contributed by atoms with E-state index < -0.39 is 17.2 Å². The highest BCUT2D eigenvalue weighted by atomic mass is 16.6. The summed E-state index contributed by atoms with van der Waals surface area (Å²) in [4.78, 5) is 39.2. The van der Waals surface area contributed by atoms with Crippen molar-refractivity contribution in [1.82, 2.24) is 10.2 Å². The molecule has 0 bridgehead atoms. The summed E-state index contributed by atoms with van der Waals surface area (Å²) in [5.74, 6) is -2.10. The first-order chi connectivity index (χ1) is 11.9. The van der Waals surface area contributed by atoms with Crippen molar-refractivity contribution in [2.45, 2.75) is 71.5 Å². The van der Waals surface area contributed by atoms with Crippen LogP contribution in [0.3, 0.4) is 0 Å². The molecule has 2 N–H and O–H groups in total. The number of hydrogen-bond donors (Lipinski definition) is 2. The largest absolute Gasteiger partial charge is 0.455 e. The van der Waals surface area contributed by atoms with Crippen LogP contribution in [0, 0.1) is 11.8 Å². The molecule has 1 aliphatic carbocycles. The Labute approximate surface area is 154 Å². The van der Waals surface area contributed by atoms with Crippen molar-refractivity contribution in [3.05, 3.63) is 11.9 Å². The molecule has 1 heterocycles. The van der Waals surface area contributed by atoms with Crippen LogP contribution in [-0.2, 0) is 19.1 Å².